The van der Waals surface area contributed by atoms with Gasteiger partial charge in [0, 0.05) is 22.1 Å². The van der Waals surface area contributed by atoms with Crippen molar-refractivity contribution >= 4 is 38.5 Å². The molecule has 6 nitrogen and oxygen atoms in total. The van der Waals surface area contributed by atoms with Gasteiger partial charge in [-0.05, 0) is 24.3 Å². The summed E-state index contributed by atoms with van der Waals surface area (Å²) < 4.78 is 10.9. The van der Waals surface area contributed by atoms with Gasteiger partial charge in [-0.3, -0.25) is 0 Å². The summed E-state index contributed by atoms with van der Waals surface area (Å²) in [5.74, 6) is -0.485. The molecule has 2 aromatic rings. The lowest BCUT2D eigenvalue weighted by molar-refractivity contribution is -0.128. The van der Waals surface area contributed by atoms with Gasteiger partial charge in [-0.25, -0.2) is 9.78 Å². The fraction of sp³-hybridized carbons (Fsp3) is 0.375. The van der Waals surface area contributed by atoms with Crippen molar-refractivity contribution in [1.29, 1.82) is 0 Å². The average molecular weight is 381 g/mol. The lowest BCUT2D eigenvalue weighted by Gasteiger charge is -2.40. The molecule has 2 N–H and O–H groups in total. The minimum atomic E-state index is -0.485. The zero-order valence-electron chi connectivity index (χ0n) is 12.6. The first kappa shape index (κ1) is 16.2. The molecule has 1 aromatic heterocycles. The number of aliphatic hydroxyl groups is 1. The summed E-state index contributed by atoms with van der Waals surface area (Å²) in [4.78, 5) is 16.2. The quantitative estimate of drug-likeness (QED) is 0.774. The molecular weight excluding hydrogens is 364 g/mol. The van der Waals surface area contributed by atoms with Crippen LogP contribution in [-0.2, 0) is 9.47 Å². The predicted octanol–water partition coefficient (Wildman–Crippen LogP) is 2.20. The number of halogens is 1. The van der Waals surface area contributed by atoms with Gasteiger partial charge in [0.1, 0.15) is 0 Å². The van der Waals surface area contributed by atoms with Crippen LogP contribution in [0.1, 0.15) is 10.5 Å². The van der Waals surface area contributed by atoms with Crippen LogP contribution in [-0.4, -0.2) is 49.5 Å². The number of hydrogen-bond acceptors (Lipinski definition) is 6. The van der Waals surface area contributed by atoms with Gasteiger partial charge in [0.05, 0.1) is 37.9 Å². The normalized spacial score (nSPS) is 16.0. The van der Waals surface area contributed by atoms with Crippen molar-refractivity contribution in [3.63, 3.8) is 0 Å². The van der Waals surface area contributed by atoms with Gasteiger partial charge in [0.15, 0.2) is 5.69 Å². The first-order valence-corrected chi connectivity index (χ1v) is 7.97. The van der Waals surface area contributed by atoms with Gasteiger partial charge in [0.25, 0.3) is 0 Å². The summed E-state index contributed by atoms with van der Waals surface area (Å²) in [6.45, 7) is 1.65. The number of nitrogens with one attached hydrogen (secondary N) is 1. The van der Waals surface area contributed by atoms with E-state index in [1.54, 1.807) is 6.07 Å². The van der Waals surface area contributed by atoms with E-state index in [2.05, 4.69) is 26.2 Å². The molecule has 0 amide bonds. The zero-order chi connectivity index (χ0) is 16.4. The number of pyridine rings is 1. The minimum Gasteiger partial charge on any atom is -0.464 e. The maximum atomic E-state index is 11.8. The Morgan fingerprint density at radius 1 is 1.48 bits per heavy atom. The van der Waals surface area contributed by atoms with Crippen LogP contribution in [0.3, 0.4) is 0 Å². The van der Waals surface area contributed by atoms with Crippen molar-refractivity contribution in [1.82, 2.24) is 4.98 Å². The number of benzene rings is 1. The topological polar surface area (TPSA) is 80.7 Å². The van der Waals surface area contributed by atoms with E-state index in [4.69, 9.17) is 9.47 Å². The summed E-state index contributed by atoms with van der Waals surface area (Å²) in [6.07, 6.45) is 0. The Kier molecular flexibility index (Phi) is 4.52. The van der Waals surface area contributed by atoms with Crippen LogP contribution < -0.4 is 5.32 Å². The van der Waals surface area contributed by atoms with Gasteiger partial charge < -0.3 is 19.9 Å². The summed E-state index contributed by atoms with van der Waals surface area (Å²) in [6, 6.07) is 7.32. The molecule has 23 heavy (non-hydrogen) atoms. The van der Waals surface area contributed by atoms with Gasteiger partial charge in [-0.15, -0.1) is 0 Å². The Morgan fingerprint density at radius 2 is 2.26 bits per heavy atom. The van der Waals surface area contributed by atoms with Crippen LogP contribution in [0.5, 0.6) is 0 Å². The number of ether oxygens (including phenoxy) is 2. The number of methoxy groups -OCH3 is 1. The molecule has 1 fully saturated rings. The third-order valence-electron chi connectivity index (χ3n) is 3.97. The molecular formula is C16H17BrN2O4. The molecule has 1 aromatic carbocycles. The fourth-order valence-corrected chi connectivity index (χ4v) is 2.84. The highest BCUT2D eigenvalue weighted by Gasteiger charge is 2.38. The molecule has 7 heteroatoms. The number of nitrogens with zero attached hydrogens (tertiary/aromatic N) is 1. The van der Waals surface area contributed by atoms with Crippen molar-refractivity contribution in [2.24, 2.45) is 5.41 Å². The number of esters is 1. The average Bonchev–Trinajstić information content (AvgIpc) is 2.53. The number of rotatable bonds is 5. The van der Waals surface area contributed by atoms with E-state index in [9.17, 15) is 9.90 Å². The molecule has 0 spiro atoms. The number of anilines is 1. The van der Waals surface area contributed by atoms with Crippen LogP contribution in [0.2, 0.25) is 0 Å². The summed E-state index contributed by atoms with van der Waals surface area (Å²) in [5.41, 5.74) is 1.44. The fourth-order valence-electron chi connectivity index (χ4n) is 2.48. The lowest BCUT2D eigenvalue weighted by Crippen LogP contribution is -2.50. The number of aliphatic hydroxyl groups excluding tert-OH is 1. The lowest BCUT2D eigenvalue weighted by atomic mass is 9.87. The van der Waals surface area contributed by atoms with Gasteiger partial charge in [-0.2, -0.15) is 0 Å². The van der Waals surface area contributed by atoms with Gasteiger partial charge >= 0.3 is 5.97 Å². The molecule has 1 aliphatic heterocycles. The Morgan fingerprint density at radius 3 is 2.87 bits per heavy atom. The molecule has 0 atom stereocenters. The van der Waals surface area contributed by atoms with Crippen molar-refractivity contribution in [3.05, 3.63) is 34.4 Å². The maximum absolute atomic E-state index is 11.8. The van der Waals surface area contributed by atoms with Crippen LogP contribution >= 0.6 is 15.9 Å². The van der Waals surface area contributed by atoms with E-state index in [-0.39, 0.29) is 17.7 Å². The second kappa shape index (κ2) is 6.43. The summed E-state index contributed by atoms with van der Waals surface area (Å²) in [5, 5.41) is 13.7. The zero-order valence-corrected chi connectivity index (χ0v) is 14.2. The second-order valence-corrected chi connectivity index (χ2v) is 6.63. The minimum absolute atomic E-state index is 0.0522. The van der Waals surface area contributed by atoms with Crippen LogP contribution in [0.4, 0.5) is 5.69 Å². The molecule has 1 aliphatic rings. The van der Waals surface area contributed by atoms with E-state index < -0.39 is 5.97 Å². The molecule has 1 saturated heterocycles. The van der Waals surface area contributed by atoms with Crippen molar-refractivity contribution < 1.29 is 19.4 Å². The molecule has 0 aliphatic carbocycles. The van der Waals surface area contributed by atoms with Crippen LogP contribution in [0.25, 0.3) is 10.9 Å². The Labute approximate surface area is 141 Å². The highest BCUT2D eigenvalue weighted by molar-refractivity contribution is 9.10. The number of fused-ring (bicyclic) bond motifs is 1. The molecule has 2 heterocycles. The molecule has 122 valence electrons. The van der Waals surface area contributed by atoms with E-state index in [1.807, 2.05) is 18.2 Å². The SMILES string of the molecule is COC(=O)c1cc(NCC2(CO)COC2)c2cc(Br)ccc2n1. The van der Waals surface area contributed by atoms with Gasteiger partial charge in [-0.1, -0.05) is 15.9 Å². The maximum Gasteiger partial charge on any atom is 0.356 e. The highest BCUT2D eigenvalue weighted by Crippen LogP contribution is 2.31. The first-order valence-electron chi connectivity index (χ1n) is 7.18. The first-order chi connectivity index (χ1) is 11.1. The number of carbonyl (C=O) groups is 1. The molecule has 0 bridgehead atoms. The largest absolute Gasteiger partial charge is 0.464 e. The number of aromatic nitrogens is 1. The standard InChI is InChI=1S/C16H17BrN2O4/c1-22-15(21)14-5-13(18-6-16(7-20)8-23-9-16)11-4-10(17)2-3-12(11)19-14/h2-5,20H,6-9H2,1H3,(H,18,19). The van der Waals surface area contributed by atoms with E-state index in [0.717, 1.165) is 15.5 Å². The smallest absolute Gasteiger partial charge is 0.356 e. The van der Waals surface area contributed by atoms with Gasteiger partial charge in [0.2, 0.25) is 0 Å². The molecule has 0 radical (unpaired) electrons. The molecule has 3 rings (SSSR count). The summed E-state index contributed by atoms with van der Waals surface area (Å²) in [7, 11) is 1.33. The van der Waals surface area contributed by atoms with Crippen molar-refractivity contribution in [3.8, 4) is 0 Å². The Bertz CT molecular complexity index is 741. The molecule has 0 saturated carbocycles. The monoisotopic (exact) mass is 380 g/mol. The van der Waals surface area contributed by atoms with Crippen LogP contribution in [0.15, 0.2) is 28.7 Å². The number of carbonyl (C=O) groups excluding carboxylic acids is 1. The Hall–Kier alpha value is -1.70. The molecule has 0 unspecified atom stereocenters. The van der Waals surface area contributed by atoms with Crippen molar-refractivity contribution in [2.45, 2.75) is 0 Å². The second-order valence-electron chi connectivity index (χ2n) is 5.71. The van der Waals surface area contributed by atoms with Crippen LogP contribution in [0, 0.1) is 5.41 Å². The van der Waals surface area contributed by atoms with E-state index >= 15 is 0 Å². The van der Waals surface area contributed by atoms with E-state index in [0.29, 0.717) is 25.3 Å². The number of hydrogen-bond donors (Lipinski definition) is 2. The third-order valence-corrected chi connectivity index (χ3v) is 4.46. The third kappa shape index (κ3) is 3.17. The van der Waals surface area contributed by atoms with E-state index in [1.165, 1.54) is 7.11 Å². The predicted molar refractivity (Wildman–Crippen MR) is 89.6 cm³/mol. The van der Waals surface area contributed by atoms with Crippen molar-refractivity contribution in [2.75, 3.05) is 38.8 Å². The summed E-state index contributed by atoms with van der Waals surface area (Å²) >= 11 is 3.45. The highest BCUT2D eigenvalue weighted by atomic mass is 79.9. The Balaban J connectivity index is 1.98.